The maximum Gasteiger partial charge on any atom is 0.222 e. The minimum Gasteiger partial charge on any atom is -0.335 e. The molecule has 1 fully saturated rings. The van der Waals surface area contributed by atoms with Crippen molar-refractivity contribution in [3.05, 3.63) is 34.3 Å². The molecule has 86 valence electrons. The summed E-state index contributed by atoms with van der Waals surface area (Å²) >= 11 is 3.46. The van der Waals surface area contributed by atoms with Crippen molar-refractivity contribution in [3.8, 4) is 0 Å². The van der Waals surface area contributed by atoms with Crippen LogP contribution in [0.15, 0.2) is 28.7 Å². The molecule has 0 aliphatic heterocycles. The molecule has 0 heterocycles. The third-order valence-electron chi connectivity index (χ3n) is 2.85. The Labute approximate surface area is 105 Å². The molecule has 2 nitrogen and oxygen atoms in total. The molecule has 1 aliphatic rings. The number of carbonyl (C=O) groups excluding carboxylic acids is 1. The van der Waals surface area contributed by atoms with Crippen molar-refractivity contribution < 1.29 is 4.79 Å². The number of rotatable bonds is 4. The lowest BCUT2D eigenvalue weighted by atomic mass is 10.2. The molecule has 1 aromatic carbocycles. The van der Waals surface area contributed by atoms with Crippen LogP contribution in [0.3, 0.4) is 0 Å². The number of amides is 1. The van der Waals surface area contributed by atoms with Gasteiger partial charge in [0.05, 0.1) is 0 Å². The molecule has 0 bridgehead atoms. The van der Waals surface area contributed by atoms with Crippen molar-refractivity contribution in [2.45, 2.75) is 38.8 Å². The van der Waals surface area contributed by atoms with Crippen LogP contribution in [0.25, 0.3) is 0 Å². The molecule has 3 heteroatoms. The standard InChI is InChI=1S/C13H16BrNO/c1-2-13(16)15(12-6-7-12)9-10-4-3-5-11(14)8-10/h3-5,8,12H,2,6-7,9H2,1H3. The fraction of sp³-hybridized carbons (Fsp3) is 0.462. The zero-order chi connectivity index (χ0) is 11.5. The SMILES string of the molecule is CCC(=O)N(Cc1cccc(Br)c1)C1CC1. The molecular formula is C13H16BrNO. The lowest BCUT2D eigenvalue weighted by Gasteiger charge is -2.22. The Bertz CT molecular complexity index is 387. The first-order chi connectivity index (χ1) is 7.70. The van der Waals surface area contributed by atoms with Gasteiger partial charge in [-0.3, -0.25) is 4.79 Å². The van der Waals surface area contributed by atoms with Gasteiger partial charge in [0.15, 0.2) is 0 Å². The highest BCUT2D eigenvalue weighted by molar-refractivity contribution is 9.10. The van der Waals surface area contributed by atoms with Crippen molar-refractivity contribution in [2.24, 2.45) is 0 Å². The lowest BCUT2D eigenvalue weighted by Crippen LogP contribution is -2.31. The van der Waals surface area contributed by atoms with E-state index in [1.165, 1.54) is 18.4 Å². The molecule has 0 aromatic heterocycles. The molecule has 1 amide bonds. The molecule has 1 saturated carbocycles. The van der Waals surface area contributed by atoms with Gasteiger partial charge in [0.1, 0.15) is 0 Å². The summed E-state index contributed by atoms with van der Waals surface area (Å²) in [6, 6.07) is 8.67. The zero-order valence-electron chi connectivity index (χ0n) is 9.45. The summed E-state index contributed by atoms with van der Waals surface area (Å²) in [4.78, 5) is 13.8. The second kappa shape index (κ2) is 5.00. The van der Waals surface area contributed by atoms with Crippen molar-refractivity contribution in [1.29, 1.82) is 0 Å². The predicted octanol–water partition coefficient (Wildman–Crippen LogP) is 3.35. The number of benzene rings is 1. The summed E-state index contributed by atoms with van der Waals surface area (Å²) in [5.74, 6) is 0.266. The Balaban J connectivity index is 2.08. The van der Waals surface area contributed by atoms with Crippen LogP contribution in [0.5, 0.6) is 0 Å². The Morgan fingerprint density at radius 1 is 1.50 bits per heavy atom. The summed E-state index contributed by atoms with van der Waals surface area (Å²) < 4.78 is 1.07. The maximum absolute atomic E-state index is 11.8. The molecule has 16 heavy (non-hydrogen) atoms. The average molecular weight is 282 g/mol. The van der Waals surface area contributed by atoms with Crippen molar-refractivity contribution in [3.63, 3.8) is 0 Å². The third kappa shape index (κ3) is 2.85. The Morgan fingerprint density at radius 3 is 2.81 bits per heavy atom. The van der Waals surface area contributed by atoms with E-state index in [9.17, 15) is 4.79 Å². The quantitative estimate of drug-likeness (QED) is 0.829. The minimum absolute atomic E-state index is 0.266. The fourth-order valence-corrected chi connectivity index (χ4v) is 2.29. The van der Waals surface area contributed by atoms with Crippen LogP contribution in [0.1, 0.15) is 31.7 Å². The zero-order valence-corrected chi connectivity index (χ0v) is 11.0. The highest BCUT2D eigenvalue weighted by atomic mass is 79.9. The van der Waals surface area contributed by atoms with Crippen molar-refractivity contribution >= 4 is 21.8 Å². The molecule has 0 spiro atoms. The van der Waals surface area contributed by atoms with E-state index in [4.69, 9.17) is 0 Å². The highest BCUT2D eigenvalue weighted by Gasteiger charge is 2.31. The first-order valence-electron chi connectivity index (χ1n) is 5.74. The smallest absolute Gasteiger partial charge is 0.222 e. The number of carbonyl (C=O) groups is 1. The number of hydrogen-bond acceptors (Lipinski definition) is 1. The monoisotopic (exact) mass is 281 g/mol. The molecule has 1 aliphatic carbocycles. The van der Waals surface area contributed by atoms with Crippen LogP contribution in [-0.4, -0.2) is 16.8 Å². The van der Waals surface area contributed by atoms with Crippen molar-refractivity contribution in [2.75, 3.05) is 0 Å². The van der Waals surface area contributed by atoms with Gasteiger partial charge in [-0.1, -0.05) is 35.0 Å². The Kier molecular flexibility index (Phi) is 3.64. The van der Waals surface area contributed by atoms with Crippen LogP contribution in [-0.2, 0) is 11.3 Å². The van der Waals surface area contributed by atoms with Gasteiger partial charge in [0.25, 0.3) is 0 Å². The Morgan fingerprint density at radius 2 is 2.25 bits per heavy atom. The predicted molar refractivity (Wildman–Crippen MR) is 68.0 cm³/mol. The van der Waals surface area contributed by atoms with Crippen LogP contribution in [0.4, 0.5) is 0 Å². The second-order valence-electron chi connectivity index (χ2n) is 4.24. The largest absolute Gasteiger partial charge is 0.335 e. The number of halogens is 1. The van der Waals surface area contributed by atoms with E-state index in [-0.39, 0.29) is 5.91 Å². The van der Waals surface area contributed by atoms with E-state index in [2.05, 4.69) is 28.1 Å². The van der Waals surface area contributed by atoms with Gasteiger partial charge in [-0.05, 0) is 30.5 Å². The molecule has 0 unspecified atom stereocenters. The number of hydrogen-bond donors (Lipinski definition) is 0. The molecule has 0 atom stereocenters. The van der Waals surface area contributed by atoms with E-state index in [1.807, 2.05) is 24.0 Å². The van der Waals surface area contributed by atoms with Gasteiger partial charge in [-0.25, -0.2) is 0 Å². The van der Waals surface area contributed by atoms with Gasteiger partial charge >= 0.3 is 0 Å². The van der Waals surface area contributed by atoms with Crippen LogP contribution < -0.4 is 0 Å². The van der Waals surface area contributed by atoms with Gasteiger partial charge in [0.2, 0.25) is 5.91 Å². The first-order valence-corrected chi connectivity index (χ1v) is 6.54. The summed E-state index contributed by atoms with van der Waals surface area (Å²) in [7, 11) is 0. The maximum atomic E-state index is 11.8. The summed E-state index contributed by atoms with van der Waals surface area (Å²) in [5.41, 5.74) is 1.20. The topological polar surface area (TPSA) is 20.3 Å². The average Bonchev–Trinajstić information content (AvgIpc) is 3.09. The van der Waals surface area contributed by atoms with Crippen molar-refractivity contribution in [1.82, 2.24) is 4.90 Å². The van der Waals surface area contributed by atoms with Gasteiger partial charge in [-0.2, -0.15) is 0 Å². The van der Waals surface area contributed by atoms with Gasteiger partial charge in [0, 0.05) is 23.5 Å². The molecule has 2 rings (SSSR count). The Hall–Kier alpha value is -0.830. The van der Waals surface area contributed by atoms with Gasteiger partial charge in [-0.15, -0.1) is 0 Å². The van der Waals surface area contributed by atoms with Crippen LogP contribution >= 0.6 is 15.9 Å². The number of nitrogens with zero attached hydrogens (tertiary/aromatic N) is 1. The molecule has 0 N–H and O–H groups in total. The van der Waals surface area contributed by atoms with E-state index in [1.54, 1.807) is 0 Å². The van der Waals surface area contributed by atoms with E-state index < -0.39 is 0 Å². The van der Waals surface area contributed by atoms with E-state index >= 15 is 0 Å². The van der Waals surface area contributed by atoms with Crippen LogP contribution in [0.2, 0.25) is 0 Å². The summed E-state index contributed by atoms with van der Waals surface area (Å²) in [5, 5.41) is 0. The molecule has 0 saturated heterocycles. The first kappa shape index (κ1) is 11.6. The summed E-state index contributed by atoms with van der Waals surface area (Å²) in [6.45, 7) is 2.68. The fourth-order valence-electron chi connectivity index (χ4n) is 1.84. The highest BCUT2D eigenvalue weighted by Crippen LogP contribution is 2.29. The molecular weight excluding hydrogens is 266 g/mol. The second-order valence-corrected chi connectivity index (χ2v) is 5.15. The van der Waals surface area contributed by atoms with Gasteiger partial charge < -0.3 is 4.90 Å². The van der Waals surface area contributed by atoms with Crippen LogP contribution in [0, 0.1) is 0 Å². The normalized spacial score (nSPS) is 14.9. The van der Waals surface area contributed by atoms with E-state index in [0.717, 1.165) is 11.0 Å². The lowest BCUT2D eigenvalue weighted by molar-refractivity contribution is -0.132. The molecule has 0 radical (unpaired) electrons. The van der Waals surface area contributed by atoms with E-state index in [0.29, 0.717) is 12.5 Å². The summed E-state index contributed by atoms with van der Waals surface area (Å²) in [6.07, 6.45) is 2.93. The molecule has 1 aromatic rings. The third-order valence-corrected chi connectivity index (χ3v) is 3.35. The minimum atomic E-state index is 0.266.